The van der Waals surface area contributed by atoms with Crippen LogP contribution in [0.5, 0.6) is 17.2 Å². The summed E-state index contributed by atoms with van der Waals surface area (Å²) in [5.41, 5.74) is 6.47. The summed E-state index contributed by atoms with van der Waals surface area (Å²) in [5.74, 6) is 1.53. The molecule has 7 nitrogen and oxygen atoms in total. The van der Waals surface area contributed by atoms with Crippen molar-refractivity contribution in [2.75, 3.05) is 20.8 Å². The Kier molecular flexibility index (Phi) is 6.01. The molecule has 0 aromatic heterocycles. The molecule has 24 heavy (non-hydrogen) atoms. The number of carbonyl (C=O) groups excluding carboxylic acids is 1. The molecule has 0 amide bonds. The molecule has 0 saturated carbocycles. The topological polar surface area (TPSA) is 94.0 Å². The third-order valence-corrected chi connectivity index (χ3v) is 3.09. The Labute approximate surface area is 139 Å². The summed E-state index contributed by atoms with van der Waals surface area (Å²) < 4.78 is 15.4. The summed E-state index contributed by atoms with van der Waals surface area (Å²) in [5, 5.41) is 2.39. The van der Waals surface area contributed by atoms with Gasteiger partial charge >= 0.3 is 11.8 Å². The molecule has 0 spiro atoms. The van der Waals surface area contributed by atoms with Crippen LogP contribution in [0.3, 0.4) is 0 Å². The normalized spacial score (nSPS) is 10.8. The van der Waals surface area contributed by atoms with Crippen molar-refractivity contribution in [1.29, 1.82) is 0 Å². The van der Waals surface area contributed by atoms with Crippen LogP contribution in [0.2, 0.25) is 0 Å². The molecule has 2 rings (SSSR count). The standard InChI is InChI=1S/C17H18N2O5/c1-21-13-5-3-12(4-6-13)17(18)19-24-16(20)11-23-15-9-7-14(22-2)8-10-15/h3-10H,11H2,1-2H3,(H2,18,19)/p+1. The van der Waals surface area contributed by atoms with E-state index in [0.29, 0.717) is 22.8 Å². The molecule has 3 N–H and O–H groups in total. The SMILES string of the molecule is COc1ccc(OCC(=O)O[NH+]=C(N)c2ccc(OC)cc2)cc1. The number of nitrogen functional groups attached to an aromatic ring is 1. The lowest BCUT2D eigenvalue weighted by Gasteiger charge is -2.04. The second-order valence-electron chi connectivity index (χ2n) is 4.68. The lowest BCUT2D eigenvalue weighted by molar-refractivity contribution is -0.724. The number of hydrogen-bond donors (Lipinski definition) is 2. The van der Waals surface area contributed by atoms with Gasteiger partial charge in [-0.2, -0.15) is 0 Å². The highest BCUT2D eigenvalue weighted by Crippen LogP contribution is 2.16. The number of rotatable bonds is 7. The highest BCUT2D eigenvalue weighted by molar-refractivity contribution is 5.93. The second-order valence-corrected chi connectivity index (χ2v) is 4.68. The van der Waals surface area contributed by atoms with Gasteiger partial charge in [-0.25, -0.2) is 4.79 Å². The van der Waals surface area contributed by atoms with E-state index >= 15 is 0 Å². The van der Waals surface area contributed by atoms with Crippen molar-refractivity contribution >= 4 is 11.8 Å². The highest BCUT2D eigenvalue weighted by Gasteiger charge is 2.09. The maximum Gasteiger partial charge on any atom is 0.394 e. The minimum atomic E-state index is -0.609. The van der Waals surface area contributed by atoms with E-state index in [0.717, 1.165) is 0 Å². The van der Waals surface area contributed by atoms with Gasteiger partial charge in [0.05, 0.1) is 19.8 Å². The van der Waals surface area contributed by atoms with E-state index in [1.165, 1.54) is 0 Å². The summed E-state index contributed by atoms with van der Waals surface area (Å²) >= 11 is 0. The zero-order chi connectivity index (χ0) is 17.4. The lowest BCUT2D eigenvalue weighted by atomic mass is 10.2. The predicted octanol–water partition coefficient (Wildman–Crippen LogP) is 0.0269. The van der Waals surface area contributed by atoms with Crippen LogP contribution in [0.15, 0.2) is 48.5 Å². The first kappa shape index (κ1) is 17.1. The molecule has 0 radical (unpaired) electrons. The fourth-order valence-corrected chi connectivity index (χ4v) is 1.79. The smallest absolute Gasteiger partial charge is 0.394 e. The maximum atomic E-state index is 11.7. The zero-order valence-corrected chi connectivity index (χ0v) is 13.4. The summed E-state index contributed by atoms with van der Waals surface area (Å²) in [6.45, 7) is -0.255. The van der Waals surface area contributed by atoms with Gasteiger partial charge in [0.1, 0.15) is 17.2 Å². The first-order valence-corrected chi connectivity index (χ1v) is 7.11. The van der Waals surface area contributed by atoms with Gasteiger partial charge in [0.25, 0.3) is 0 Å². The Morgan fingerprint density at radius 1 is 0.917 bits per heavy atom. The molecule has 0 aliphatic heterocycles. The van der Waals surface area contributed by atoms with Crippen LogP contribution in [-0.4, -0.2) is 32.6 Å². The van der Waals surface area contributed by atoms with Crippen molar-refractivity contribution < 1.29 is 29.0 Å². The summed E-state index contributed by atoms with van der Waals surface area (Å²) in [7, 11) is 3.15. The molecule has 2 aromatic carbocycles. The second kappa shape index (κ2) is 8.42. The highest BCUT2D eigenvalue weighted by atomic mass is 16.7. The van der Waals surface area contributed by atoms with Gasteiger partial charge in [0, 0.05) is 0 Å². The van der Waals surface area contributed by atoms with E-state index in [1.807, 2.05) is 0 Å². The predicted molar refractivity (Wildman–Crippen MR) is 86.8 cm³/mol. The zero-order valence-electron chi connectivity index (χ0n) is 13.4. The van der Waals surface area contributed by atoms with E-state index in [4.69, 9.17) is 24.8 Å². The van der Waals surface area contributed by atoms with Gasteiger partial charge in [0.2, 0.25) is 0 Å². The van der Waals surface area contributed by atoms with Gasteiger partial charge in [-0.3, -0.25) is 10.6 Å². The van der Waals surface area contributed by atoms with Crippen molar-refractivity contribution in [3.8, 4) is 17.2 Å². The molecule has 0 atom stereocenters. The Balaban J connectivity index is 1.84. The molecule has 126 valence electrons. The minimum absolute atomic E-state index is 0.204. The molecule has 0 unspecified atom stereocenters. The molecule has 0 aliphatic rings. The van der Waals surface area contributed by atoms with Crippen LogP contribution < -0.4 is 25.1 Å². The summed E-state index contributed by atoms with van der Waals surface area (Å²) in [6.07, 6.45) is 0. The lowest BCUT2D eigenvalue weighted by Crippen LogP contribution is -2.76. The van der Waals surface area contributed by atoms with Crippen molar-refractivity contribution in [1.82, 2.24) is 0 Å². The fourth-order valence-electron chi connectivity index (χ4n) is 1.79. The first-order chi connectivity index (χ1) is 11.6. The Morgan fingerprint density at radius 3 is 1.96 bits per heavy atom. The third kappa shape index (κ3) is 4.91. The van der Waals surface area contributed by atoms with Gasteiger partial charge in [-0.15, -0.1) is 0 Å². The number of ether oxygens (including phenoxy) is 3. The van der Waals surface area contributed by atoms with Crippen molar-refractivity contribution in [3.63, 3.8) is 0 Å². The number of nitrogens with two attached hydrogens (primary N) is 1. The van der Waals surface area contributed by atoms with E-state index in [-0.39, 0.29) is 12.4 Å². The molecular weight excluding hydrogens is 312 g/mol. The number of methoxy groups -OCH3 is 2. The minimum Gasteiger partial charge on any atom is -0.497 e. The quantitative estimate of drug-likeness (QED) is 0.322. The average Bonchev–Trinajstić information content (AvgIpc) is 2.64. The molecule has 0 fully saturated rings. The van der Waals surface area contributed by atoms with Gasteiger partial charge in [-0.05, 0) is 48.5 Å². The summed E-state index contributed by atoms with van der Waals surface area (Å²) in [4.78, 5) is 16.5. The van der Waals surface area contributed by atoms with Crippen LogP contribution in [0, 0.1) is 0 Å². The summed E-state index contributed by atoms with van der Waals surface area (Å²) in [6, 6.07) is 13.8. The Bertz CT molecular complexity index is 696. The van der Waals surface area contributed by atoms with E-state index in [1.54, 1.807) is 62.8 Å². The van der Waals surface area contributed by atoms with Crippen LogP contribution >= 0.6 is 0 Å². The van der Waals surface area contributed by atoms with E-state index in [2.05, 4.69) is 5.16 Å². The average molecular weight is 331 g/mol. The number of benzene rings is 2. The number of carbonyl (C=O) groups is 1. The Hall–Kier alpha value is -3.22. The van der Waals surface area contributed by atoms with Crippen molar-refractivity contribution in [3.05, 3.63) is 54.1 Å². The van der Waals surface area contributed by atoms with E-state index in [9.17, 15) is 4.79 Å². The van der Waals surface area contributed by atoms with Crippen LogP contribution in [0.1, 0.15) is 5.56 Å². The van der Waals surface area contributed by atoms with Gasteiger partial charge in [0.15, 0.2) is 6.61 Å². The number of hydrogen-bond acceptors (Lipinski definition) is 5. The molecular formula is C17H19N2O5+. The van der Waals surface area contributed by atoms with Crippen molar-refractivity contribution in [2.24, 2.45) is 5.73 Å². The maximum absolute atomic E-state index is 11.7. The monoisotopic (exact) mass is 331 g/mol. The largest absolute Gasteiger partial charge is 0.497 e. The molecule has 0 heterocycles. The molecule has 0 bridgehead atoms. The third-order valence-electron chi connectivity index (χ3n) is 3.09. The molecule has 2 aromatic rings. The first-order valence-electron chi connectivity index (χ1n) is 7.11. The Morgan fingerprint density at radius 2 is 1.42 bits per heavy atom. The van der Waals surface area contributed by atoms with Gasteiger partial charge < -0.3 is 14.2 Å². The van der Waals surface area contributed by atoms with Crippen molar-refractivity contribution in [2.45, 2.75) is 0 Å². The number of nitrogens with one attached hydrogen (secondary N) is 1. The fraction of sp³-hybridized carbons (Fsp3) is 0.176. The van der Waals surface area contributed by atoms with Crippen LogP contribution in [-0.2, 0) is 9.63 Å². The van der Waals surface area contributed by atoms with Crippen LogP contribution in [0.25, 0.3) is 0 Å². The van der Waals surface area contributed by atoms with Crippen LogP contribution in [0.4, 0.5) is 0 Å². The van der Waals surface area contributed by atoms with Gasteiger partial charge in [-0.1, -0.05) is 5.16 Å². The van der Waals surface area contributed by atoms with E-state index < -0.39 is 5.97 Å². The molecule has 0 aliphatic carbocycles. The molecule has 0 saturated heterocycles. The number of amidine groups is 1. The molecule has 7 heteroatoms.